The van der Waals surface area contributed by atoms with Crippen molar-refractivity contribution in [1.82, 2.24) is 10.2 Å². The zero-order valence-corrected chi connectivity index (χ0v) is 6.68. The summed E-state index contributed by atoms with van der Waals surface area (Å²) in [6, 6.07) is 0. The molecule has 0 saturated carbocycles. The van der Waals surface area contributed by atoms with Crippen LogP contribution in [0.1, 0.15) is 6.92 Å². The fourth-order valence-electron chi connectivity index (χ4n) is 1.06. The summed E-state index contributed by atoms with van der Waals surface area (Å²) >= 11 is 0. The van der Waals surface area contributed by atoms with E-state index < -0.39 is 30.7 Å². The smallest absolute Gasteiger partial charge is 0.335 e. The van der Waals surface area contributed by atoms with Crippen molar-refractivity contribution in [3.8, 4) is 0 Å². The molecule has 0 bridgehead atoms. The number of carbonyl (C=O) groups is 2. The fraction of sp³-hybridized carbons (Fsp3) is 0.667. The zero-order valence-electron chi connectivity index (χ0n) is 6.68. The van der Waals surface area contributed by atoms with Crippen LogP contribution in [0.3, 0.4) is 0 Å². The van der Waals surface area contributed by atoms with Crippen LogP contribution in [-0.4, -0.2) is 35.6 Å². The number of hydrogen-bond donors (Lipinski definition) is 1. The molecule has 1 unspecified atom stereocenters. The lowest BCUT2D eigenvalue weighted by Gasteiger charge is -2.20. The molecular formula is C6H7F3N2O2. The van der Waals surface area contributed by atoms with E-state index in [1.165, 1.54) is 6.92 Å². The Morgan fingerprint density at radius 3 is 2.46 bits per heavy atom. The molecule has 0 aromatic rings. The normalized spacial score (nSPS) is 23.2. The van der Waals surface area contributed by atoms with Gasteiger partial charge in [-0.25, -0.2) is 0 Å². The minimum atomic E-state index is -4.92. The van der Waals surface area contributed by atoms with Crippen molar-refractivity contribution in [3.63, 3.8) is 0 Å². The molecule has 1 N–H and O–H groups in total. The molecule has 0 spiro atoms. The second-order valence-corrected chi connectivity index (χ2v) is 2.67. The van der Waals surface area contributed by atoms with Crippen molar-refractivity contribution in [1.29, 1.82) is 0 Å². The highest BCUT2D eigenvalue weighted by Crippen LogP contribution is 2.20. The quantitative estimate of drug-likeness (QED) is 0.585. The summed E-state index contributed by atoms with van der Waals surface area (Å²) < 4.78 is 35.6. The van der Waals surface area contributed by atoms with Gasteiger partial charge in [0, 0.05) is 0 Å². The van der Waals surface area contributed by atoms with Gasteiger partial charge in [0.2, 0.25) is 5.91 Å². The Morgan fingerprint density at radius 2 is 2.15 bits per heavy atom. The van der Waals surface area contributed by atoms with Crippen LogP contribution in [0.25, 0.3) is 0 Å². The van der Waals surface area contributed by atoms with Crippen LogP contribution in [0, 0.1) is 0 Å². The van der Waals surface area contributed by atoms with Gasteiger partial charge in [-0.1, -0.05) is 0 Å². The summed E-state index contributed by atoms with van der Waals surface area (Å²) in [7, 11) is 0. The lowest BCUT2D eigenvalue weighted by Crippen LogP contribution is -2.44. The Bertz CT molecular complexity index is 251. The molecule has 1 atom stereocenters. The molecule has 0 aromatic heterocycles. The molecule has 0 aliphatic carbocycles. The molecule has 1 saturated heterocycles. The molecule has 1 aliphatic rings. The van der Waals surface area contributed by atoms with E-state index in [4.69, 9.17) is 0 Å². The topological polar surface area (TPSA) is 49.4 Å². The number of halogens is 3. The molecule has 4 nitrogen and oxygen atoms in total. The van der Waals surface area contributed by atoms with Gasteiger partial charge in [0.1, 0.15) is 12.7 Å². The predicted octanol–water partition coefficient (Wildman–Crippen LogP) is -0.147. The van der Waals surface area contributed by atoms with E-state index in [0.717, 1.165) is 0 Å². The van der Waals surface area contributed by atoms with Crippen molar-refractivity contribution < 1.29 is 22.8 Å². The van der Waals surface area contributed by atoms with E-state index in [1.807, 2.05) is 0 Å². The molecule has 0 aromatic carbocycles. The molecule has 0 radical (unpaired) electrons. The van der Waals surface area contributed by atoms with Crippen molar-refractivity contribution in [2.24, 2.45) is 0 Å². The molecule has 74 valence electrons. The average molecular weight is 196 g/mol. The Balaban J connectivity index is 2.74. The van der Waals surface area contributed by atoms with Gasteiger partial charge in [0.15, 0.2) is 0 Å². The van der Waals surface area contributed by atoms with E-state index in [1.54, 1.807) is 0 Å². The first-order chi connectivity index (χ1) is 5.82. The third-order valence-corrected chi connectivity index (χ3v) is 1.65. The summed E-state index contributed by atoms with van der Waals surface area (Å²) in [6.07, 6.45) is -5.80. The summed E-state index contributed by atoms with van der Waals surface area (Å²) in [4.78, 5) is 21.7. The molecule has 1 fully saturated rings. The number of amides is 2. The molecule has 1 rings (SSSR count). The van der Waals surface area contributed by atoms with Gasteiger partial charge < -0.3 is 10.2 Å². The maximum atomic E-state index is 11.9. The van der Waals surface area contributed by atoms with Crippen LogP contribution in [0.15, 0.2) is 0 Å². The summed E-state index contributed by atoms with van der Waals surface area (Å²) in [5, 5.41) is 2.19. The first-order valence-corrected chi connectivity index (χ1v) is 3.49. The van der Waals surface area contributed by atoms with E-state index in [-0.39, 0.29) is 0 Å². The highest BCUT2D eigenvalue weighted by atomic mass is 19.4. The first kappa shape index (κ1) is 9.82. The maximum Gasteiger partial charge on any atom is 0.471 e. The molecule has 2 amide bonds. The van der Waals surface area contributed by atoms with Crippen LogP contribution in [0.5, 0.6) is 0 Å². The van der Waals surface area contributed by atoms with Crippen molar-refractivity contribution >= 4 is 11.8 Å². The van der Waals surface area contributed by atoms with Crippen LogP contribution < -0.4 is 5.32 Å². The van der Waals surface area contributed by atoms with Gasteiger partial charge in [0.25, 0.3) is 0 Å². The van der Waals surface area contributed by atoms with Crippen LogP contribution in [0.2, 0.25) is 0 Å². The Kier molecular flexibility index (Phi) is 2.19. The van der Waals surface area contributed by atoms with E-state index in [0.29, 0.717) is 4.90 Å². The number of nitrogens with one attached hydrogen (secondary N) is 1. The lowest BCUT2D eigenvalue weighted by atomic mass is 10.4. The van der Waals surface area contributed by atoms with E-state index >= 15 is 0 Å². The largest absolute Gasteiger partial charge is 0.471 e. The molecule has 13 heavy (non-hydrogen) atoms. The minimum absolute atomic E-state index is 0.447. The highest BCUT2D eigenvalue weighted by molar-refractivity contribution is 5.90. The zero-order chi connectivity index (χ0) is 10.2. The monoisotopic (exact) mass is 196 g/mol. The Morgan fingerprint density at radius 1 is 1.62 bits per heavy atom. The number of carbonyl (C=O) groups excluding carboxylic acids is 2. The SMILES string of the molecule is CC1NC(=O)CN1C(=O)C(F)(F)F. The van der Waals surface area contributed by atoms with Gasteiger partial charge >= 0.3 is 12.1 Å². The maximum absolute atomic E-state index is 11.9. The van der Waals surface area contributed by atoms with Crippen molar-refractivity contribution in [2.45, 2.75) is 19.3 Å². The van der Waals surface area contributed by atoms with Gasteiger partial charge in [-0.15, -0.1) is 0 Å². The summed E-state index contributed by atoms with van der Waals surface area (Å²) in [5.74, 6) is -2.57. The van der Waals surface area contributed by atoms with E-state index in [2.05, 4.69) is 5.32 Å². The highest BCUT2D eigenvalue weighted by Gasteiger charge is 2.46. The van der Waals surface area contributed by atoms with Crippen molar-refractivity contribution in [3.05, 3.63) is 0 Å². The lowest BCUT2D eigenvalue weighted by molar-refractivity contribution is -0.186. The first-order valence-electron chi connectivity index (χ1n) is 3.49. The number of hydrogen-bond acceptors (Lipinski definition) is 2. The second-order valence-electron chi connectivity index (χ2n) is 2.67. The van der Waals surface area contributed by atoms with Crippen LogP contribution >= 0.6 is 0 Å². The number of nitrogens with zero attached hydrogens (tertiary/aromatic N) is 1. The minimum Gasteiger partial charge on any atom is -0.335 e. The van der Waals surface area contributed by atoms with Crippen LogP contribution in [-0.2, 0) is 9.59 Å². The number of rotatable bonds is 0. The number of alkyl halides is 3. The second kappa shape index (κ2) is 2.90. The predicted molar refractivity (Wildman–Crippen MR) is 35.4 cm³/mol. The summed E-state index contributed by atoms with van der Waals surface area (Å²) in [5.41, 5.74) is 0. The third-order valence-electron chi connectivity index (χ3n) is 1.65. The van der Waals surface area contributed by atoms with Gasteiger partial charge in [-0.3, -0.25) is 9.59 Å². The molecular weight excluding hydrogens is 189 g/mol. The molecule has 1 heterocycles. The van der Waals surface area contributed by atoms with Crippen molar-refractivity contribution in [2.75, 3.05) is 6.54 Å². The average Bonchev–Trinajstić information content (AvgIpc) is 2.26. The van der Waals surface area contributed by atoms with E-state index in [9.17, 15) is 22.8 Å². The fourth-order valence-corrected chi connectivity index (χ4v) is 1.06. The molecule has 1 aliphatic heterocycles. The molecule has 7 heteroatoms. The van der Waals surface area contributed by atoms with Gasteiger partial charge in [-0.2, -0.15) is 13.2 Å². The van der Waals surface area contributed by atoms with Crippen LogP contribution in [0.4, 0.5) is 13.2 Å². The third kappa shape index (κ3) is 1.90. The van der Waals surface area contributed by atoms with Gasteiger partial charge in [0.05, 0.1) is 0 Å². The Labute approximate surface area is 71.7 Å². The van der Waals surface area contributed by atoms with Gasteiger partial charge in [-0.05, 0) is 6.92 Å². The summed E-state index contributed by atoms with van der Waals surface area (Å²) in [6.45, 7) is 0.786. The standard InChI is InChI=1S/C6H7F3N2O2/c1-3-10-4(12)2-11(3)5(13)6(7,8)9/h3H,2H2,1H3,(H,10,12). The Hall–Kier alpha value is -1.27.